The molecule has 6 nitrogen and oxygen atoms in total. The number of nitrogens with one attached hydrogen (secondary N) is 1. The number of hydrogen-bond donors (Lipinski definition) is 2. The van der Waals surface area contributed by atoms with Gasteiger partial charge in [-0.1, -0.05) is 18.6 Å². The maximum Gasteiger partial charge on any atom is 0.205 e. The summed E-state index contributed by atoms with van der Waals surface area (Å²) in [5.74, 6) is 1.38. The van der Waals surface area contributed by atoms with Gasteiger partial charge in [0, 0.05) is 5.38 Å². The number of aromatic nitrogens is 1. The number of thiazole rings is 1. The zero-order chi connectivity index (χ0) is 18.0. The molecule has 1 fully saturated rings. The average Bonchev–Trinajstić information content (AvgIpc) is 3.08. The molecule has 1 aromatic heterocycles. The molecule has 0 saturated carbocycles. The van der Waals surface area contributed by atoms with E-state index in [2.05, 4.69) is 20.4 Å². The van der Waals surface area contributed by atoms with E-state index in [4.69, 9.17) is 10.5 Å². The topological polar surface area (TPSA) is 75.8 Å². The molecule has 1 aromatic carbocycles. The number of nitrogens with zero attached hydrogens (tertiary/aromatic N) is 3. The third-order valence-electron chi connectivity index (χ3n) is 4.34. The molecule has 140 valence electrons. The number of ether oxygens (including phenoxy) is 1. The number of rotatable bonds is 9. The van der Waals surface area contributed by atoms with E-state index in [0.717, 1.165) is 24.3 Å². The Morgan fingerprint density at radius 2 is 2.15 bits per heavy atom. The minimum atomic E-state index is 0.503. The van der Waals surface area contributed by atoms with Crippen LogP contribution >= 0.6 is 11.3 Å². The van der Waals surface area contributed by atoms with E-state index in [0.29, 0.717) is 10.9 Å². The second-order valence-electron chi connectivity index (χ2n) is 6.48. The molecule has 1 aliphatic heterocycles. The lowest BCUT2D eigenvalue weighted by Crippen LogP contribution is -2.30. The molecule has 0 radical (unpaired) electrons. The standard InChI is InChI=1S/C19H27N5OS/c20-18-15-26-19(22-18)23-21-14-16-7-6-8-17(13-16)25-12-5-4-11-24-9-2-1-3-10-24/h6-8,13-15H,1-5,9-12,20H2,(H,22,23). The van der Waals surface area contributed by atoms with Crippen molar-refractivity contribution in [3.8, 4) is 5.75 Å². The summed E-state index contributed by atoms with van der Waals surface area (Å²) in [6.45, 7) is 4.49. The Kier molecular flexibility index (Phi) is 7.27. The van der Waals surface area contributed by atoms with Gasteiger partial charge in [0.25, 0.3) is 0 Å². The Labute approximate surface area is 159 Å². The quantitative estimate of drug-likeness (QED) is 0.397. The highest BCUT2D eigenvalue weighted by molar-refractivity contribution is 7.14. The van der Waals surface area contributed by atoms with E-state index in [1.54, 1.807) is 11.6 Å². The van der Waals surface area contributed by atoms with Gasteiger partial charge in [0.05, 0.1) is 12.8 Å². The van der Waals surface area contributed by atoms with Crippen molar-refractivity contribution in [1.82, 2.24) is 9.88 Å². The van der Waals surface area contributed by atoms with Gasteiger partial charge >= 0.3 is 0 Å². The van der Waals surface area contributed by atoms with Gasteiger partial charge in [-0.3, -0.25) is 5.43 Å². The number of anilines is 2. The molecular weight excluding hydrogens is 346 g/mol. The molecule has 26 heavy (non-hydrogen) atoms. The van der Waals surface area contributed by atoms with Gasteiger partial charge in [-0.2, -0.15) is 5.10 Å². The van der Waals surface area contributed by atoms with E-state index >= 15 is 0 Å². The van der Waals surface area contributed by atoms with Gasteiger partial charge in [-0.25, -0.2) is 4.98 Å². The molecule has 0 unspecified atom stereocenters. The molecule has 1 aliphatic rings. The van der Waals surface area contributed by atoms with Gasteiger partial charge in [0.2, 0.25) is 5.13 Å². The number of hydrogen-bond acceptors (Lipinski definition) is 7. The monoisotopic (exact) mass is 373 g/mol. The predicted octanol–water partition coefficient (Wildman–Crippen LogP) is 3.82. The Morgan fingerprint density at radius 1 is 1.27 bits per heavy atom. The normalized spacial score (nSPS) is 15.4. The lowest BCUT2D eigenvalue weighted by molar-refractivity contribution is 0.216. The Morgan fingerprint density at radius 3 is 2.96 bits per heavy atom. The van der Waals surface area contributed by atoms with Crippen molar-refractivity contribution < 1.29 is 4.74 Å². The van der Waals surface area contributed by atoms with E-state index in [1.165, 1.54) is 56.7 Å². The van der Waals surface area contributed by atoms with Crippen LogP contribution < -0.4 is 15.9 Å². The molecule has 0 bridgehead atoms. The van der Waals surface area contributed by atoms with Crippen LogP contribution in [-0.4, -0.2) is 42.3 Å². The number of nitrogens with two attached hydrogens (primary N) is 1. The molecule has 0 atom stereocenters. The molecule has 7 heteroatoms. The fourth-order valence-corrected chi connectivity index (χ4v) is 3.54. The van der Waals surface area contributed by atoms with Crippen molar-refractivity contribution in [3.63, 3.8) is 0 Å². The van der Waals surface area contributed by atoms with Crippen LogP contribution in [0.25, 0.3) is 0 Å². The summed E-state index contributed by atoms with van der Waals surface area (Å²) < 4.78 is 5.88. The van der Waals surface area contributed by atoms with Crippen LogP contribution in [0.15, 0.2) is 34.7 Å². The van der Waals surface area contributed by atoms with Crippen LogP contribution in [0.1, 0.15) is 37.7 Å². The third-order valence-corrected chi connectivity index (χ3v) is 5.11. The molecule has 0 spiro atoms. The average molecular weight is 374 g/mol. The van der Waals surface area contributed by atoms with Crippen LogP contribution in [0.4, 0.5) is 10.9 Å². The summed E-state index contributed by atoms with van der Waals surface area (Å²) in [6.07, 6.45) is 8.14. The Bertz CT molecular complexity index is 697. The van der Waals surface area contributed by atoms with Gasteiger partial charge in [-0.15, -0.1) is 11.3 Å². The number of nitrogen functional groups attached to an aromatic ring is 1. The first-order valence-electron chi connectivity index (χ1n) is 9.25. The molecule has 3 N–H and O–H groups in total. The first-order valence-corrected chi connectivity index (χ1v) is 10.1. The number of benzene rings is 1. The Hall–Kier alpha value is -2.12. The van der Waals surface area contributed by atoms with Gasteiger partial charge < -0.3 is 15.4 Å². The van der Waals surface area contributed by atoms with Crippen molar-refractivity contribution in [1.29, 1.82) is 0 Å². The molecule has 3 rings (SSSR count). The second kappa shape index (κ2) is 10.1. The summed E-state index contributed by atoms with van der Waals surface area (Å²) in [6, 6.07) is 7.94. The van der Waals surface area contributed by atoms with Gasteiger partial charge in [-0.05, 0) is 63.0 Å². The number of piperidine rings is 1. The SMILES string of the molecule is Nc1csc(NN=Cc2cccc(OCCCCN3CCCCC3)c2)n1. The molecule has 1 saturated heterocycles. The largest absolute Gasteiger partial charge is 0.494 e. The van der Waals surface area contributed by atoms with E-state index in [-0.39, 0.29) is 0 Å². The fourth-order valence-electron chi connectivity index (χ4n) is 2.99. The maximum absolute atomic E-state index is 5.88. The minimum absolute atomic E-state index is 0.503. The summed E-state index contributed by atoms with van der Waals surface area (Å²) in [5, 5.41) is 6.64. The van der Waals surface area contributed by atoms with Crippen LogP contribution in [0, 0.1) is 0 Å². The predicted molar refractivity (Wildman–Crippen MR) is 109 cm³/mol. The van der Waals surface area contributed by atoms with Gasteiger partial charge in [0.1, 0.15) is 11.6 Å². The van der Waals surface area contributed by atoms with Crippen molar-refractivity contribution in [3.05, 3.63) is 35.2 Å². The summed E-state index contributed by atoms with van der Waals surface area (Å²) >= 11 is 1.42. The lowest BCUT2D eigenvalue weighted by atomic mass is 10.1. The highest BCUT2D eigenvalue weighted by Gasteiger charge is 2.08. The highest BCUT2D eigenvalue weighted by Crippen LogP contribution is 2.17. The zero-order valence-corrected chi connectivity index (χ0v) is 15.9. The maximum atomic E-state index is 5.88. The van der Waals surface area contributed by atoms with Crippen molar-refractivity contribution >= 4 is 28.5 Å². The number of hydrazone groups is 1. The first-order chi connectivity index (χ1) is 12.8. The van der Waals surface area contributed by atoms with E-state index in [9.17, 15) is 0 Å². The molecule has 2 aromatic rings. The van der Waals surface area contributed by atoms with Crippen molar-refractivity contribution in [2.75, 3.05) is 37.4 Å². The van der Waals surface area contributed by atoms with Crippen molar-refractivity contribution in [2.45, 2.75) is 32.1 Å². The molecule has 2 heterocycles. The zero-order valence-electron chi connectivity index (χ0n) is 15.1. The smallest absolute Gasteiger partial charge is 0.205 e. The summed E-state index contributed by atoms with van der Waals surface area (Å²) in [4.78, 5) is 6.67. The summed E-state index contributed by atoms with van der Waals surface area (Å²) in [7, 11) is 0. The molecule has 0 amide bonds. The summed E-state index contributed by atoms with van der Waals surface area (Å²) in [5.41, 5.74) is 9.44. The third kappa shape index (κ3) is 6.31. The minimum Gasteiger partial charge on any atom is -0.494 e. The van der Waals surface area contributed by atoms with Crippen LogP contribution in [0.3, 0.4) is 0 Å². The number of unbranched alkanes of at least 4 members (excludes halogenated alkanes) is 1. The van der Waals surface area contributed by atoms with E-state index < -0.39 is 0 Å². The van der Waals surface area contributed by atoms with Crippen LogP contribution in [0.5, 0.6) is 5.75 Å². The molecule has 0 aliphatic carbocycles. The first kappa shape index (κ1) is 18.7. The van der Waals surface area contributed by atoms with Crippen LogP contribution in [-0.2, 0) is 0 Å². The lowest BCUT2D eigenvalue weighted by Gasteiger charge is -2.26. The fraction of sp³-hybridized carbons (Fsp3) is 0.474. The number of likely N-dealkylation sites (tertiary alicyclic amines) is 1. The van der Waals surface area contributed by atoms with E-state index in [1.807, 2.05) is 24.3 Å². The van der Waals surface area contributed by atoms with Gasteiger partial charge in [0.15, 0.2) is 0 Å². The molecular formula is C19H27N5OS. The van der Waals surface area contributed by atoms with Crippen LogP contribution in [0.2, 0.25) is 0 Å². The highest BCUT2D eigenvalue weighted by atomic mass is 32.1. The second-order valence-corrected chi connectivity index (χ2v) is 7.34. The van der Waals surface area contributed by atoms with Crippen molar-refractivity contribution in [2.24, 2.45) is 5.10 Å². The Balaban J connectivity index is 1.36.